The molecule has 2 aliphatic rings. The van der Waals surface area contributed by atoms with Crippen molar-refractivity contribution in [1.82, 2.24) is 10.6 Å². The molecule has 0 heterocycles. The van der Waals surface area contributed by atoms with E-state index in [1.807, 2.05) is 6.07 Å². The molecule has 1 fully saturated rings. The molecule has 1 saturated carbocycles. The first-order chi connectivity index (χ1) is 11.3. The van der Waals surface area contributed by atoms with Crippen molar-refractivity contribution in [2.45, 2.75) is 45.2 Å². The summed E-state index contributed by atoms with van der Waals surface area (Å²) in [6, 6.07) is 8.70. The van der Waals surface area contributed by atoms with Gasteiger partial charge in [0.2, 0.25) is 0 Å². The molecule has 1 aromatic carbocycles. The van der Waals surface area contributed by atoms with E-state index >= 15 is 0 Å². The normalized spacial score (nSPS) is 18.2. The summed E-state index contributed by atoms with van der Waals surface area (Å²) >= 11 is 0. The van der Waals surface area contributed by atoms with Gasteiger partial charge in [-0.2, -0.15) is 0 Å². The predicted octanol–water partition coefficient (Wildman–Crippen LogP) is 3.25. The average Bonchev–Trinajstić information content (AvgIpc) is 3.26. The molecule has 23 heavy (non-hydrogen) atoms. The molecule has 2 N–H and O–H groups in total. The number of guanidine groups is 1. The van der Waals surface area contributed by atoms with E-state index in [1.54, 1.807) is 0 Å². The summed E-state index contributed by atoms with van der Waals surface area (Å²) in [5.74, 6) is 2.63. The Morgan fingerprint density at radius 1 is 1.22 bits per heavy atom. The first-order valence-corrected chi connectivity index (χ1v) is 8.75. The maximum absolute atomic E-state index is 5.97. The Morgan fingerprint density at radius 2 is 2.00 bits per heavy atom. The van der Waals surface area contributed by atoms with Crippen LogP contribution in [0, 0.1) is 5.92 Å². The van der Waals surface area contributed by atoms with Crippen molar-refractivity contribution < 1.29 is 4.74 Å². The smallest absolute Gasteiger partial charge is 0.191 e. The van der Waals surface area contributed by atoms with E-state index in [-0.39, 0.29) is 0 Å². The molecule has 0 aromatic heterocycles. The number of hydrogen-bond acceptors (Lipinski definition) is 2. The van der Waals surface area contributed by atoms with Crippen LogP contribution in [0.15, 0.2) is 41.4 Å². The molecular formula is C19H27N3O. The molecule has 124 valence electrons. The molecule has 0 radical (unpaired) electrons. The number of ether oxygens (including phenoxy) is 1. The highest BCUT2D eigenvalue weighted by Crippen LogP contribution is 2.30. The lowest BCUT2D eigenvalue weighted by atomic mass is 10.2. The summed E-state index contributed by atoms with van der Waals surface area (Å²) in [6.07, 6.45) is 9.22. The summed E-state index contributed by atoms with van der Waals surface area (Å²) in [6.45, 7) is 4.44. The fraction of sp³-hybridized carbons (Fsp3) is 0.526. The van der Waals surface area contributed by atoms with Crippen LogP contribution in [0.2, 0.25) is 0 Å². The second-order valence-electron chi connectivity index (χ2n) is 6.34. The average molecular weight is 313 g/mol. The standard InChI is InChI=1S/C19H27N3O/c1-2-20-19(22-17-8-4-5-9-17)21-13-16-7-3-6-10-18(16)23-14-15-11-12-15/h3-7,10,15,17H,2,8-9,11-14H2,1H3,(H2,20,21,22). The fourth-order valence-electron chi connectivity index (χ4n) is 2.68. The Morgan fingerprint density at radius 3 is 2.74 bits per heavy atom. The van der Waals surface area contributed by atoms with E-state index in [1.165, 1.54) is 12.8 Å². The van der Waals surface area contributed by atoms with Crippen LogP contribution in [0.4, 0.5) is 0 Å². The highest BCUT2D eigenvalue weighted by molar-refractivity contribution is 5.80. The Balaban J connectivity index is 1.60. The number of nitrogens with zero attached hydrogens (tertiary/aromatic N) is 1. The van der Waals surface area contributed by atoms with Gasteiger partial charge in [-0.25, -0.2) is 4.99 Å². The van der Waals surface area contributed by atoms with Crippen LogP contribution < -0.4 is 15.4 Å². The SMILES string of the molecule is CCNC(=NCc1ccccc1OCC1CC1)NC1CC=CC1. The van der Waals surface area contributed by atoms with Crippen LogP contribution in [0.5, 0.6) is 5.75 Å². The zero-order valence-corrected chi connectivity index (χ0v) is 13.9. The van der Waals surface area contributed by atoms with E-state index < -0.39 is 0 Å². The van der Waals surface area contributed by atoms with Crippen LogP contribution in [0.3, 0.4) is 0 Å². The molecule has 0 unspecified atom stereocenters. The molecule has 4 nitrogen and oxygen atoms in total. The van der Waals surface area contributed by atoms with E-state index in [0.29, 0.717) is 12.6 Å². The van der Waals surface area contributed by atoms with Crippen LogP contribution in [-0.2, 0) is 6.54 Å². The first-order valence-electron chi connectivity index (χ1n) is 8.75. The van der Waals surface area contributed by atoms with Crippen molar-refractivity contribution in [1.29, 1.82) is 0 Å². The maximum atomic E-state index is 5.97. The minimum Gasteiger partial charge on any atom is -0.493 e. The van der Waals surface area contributed by atoms with Gasteiger partial charge in [0.25, 0.3) is 0 Å². The molecule has 0 atom stereocenters. The molecule has 2 aliphatic carbocycles. The number of benzene rings is 1. The number of nitrogens with one attached hydrogen (secondary N) is 2. The third kappa shape index (κ3) is 5.02. The summed E-state index contributed by atoms with van der Waals surface area (Å²) in [5.41, 5.74) is 1.15. The van der Waals surface area contributed by atoms with Crippen LogP contribution in [-0.4, -0.2) is 25.2 Å². The summed E-state index contributed by atoms with van der Waals surface area (Å²) in [4.78, 5) is 4.74. The lowest BCUT2D eigenvalue weighted by molar-refractivity contribution is 0.297. The van der Waals surface area contributed by atoms with Gasteiger partial charge in [0.15, 0.2) is 5.96 Å². The van der Waals surface area contributed by atoms with E-state index in [9.17, 15) is 0 Å². The predicted molar refractivity (Wildman–Crippen MR) is 94.8 cm³/mol. The molecule has 1 aromatic rings. The van der Waals surface area contributed by atoms with Crippen molar-refractivity contribution in [3.05, 3.63) is 42.0 Å². The topological polar surface area (TPSA) is 45.7 Å². The van der Waals surface area contributed by atoms with E-state index in [0.717, 1.165) is 49.2 Å². The van der Waals surface area contributed by atoms with Gasteiger partial charge in [-0.1, -0.05) is 30.4 Å². The third-order valence-electron chi connectivity index (χ3n) is 4.24. The second kappa shape index (κ2) is 8.04. The minimum absolute atomic E-state index is 0.467. The highest BCUT2D eigenvalue weighted by atomic mass is 16.5. The van der Waals surface area contributed by atoms with Gasteiger partial charge >= 0.3 is 0 Å². The maximum Gasteiger partial charge on any atom is 0.191 e. The van der Waals surface area contributed by atoms with Gasteiger partial charge in [0.05, 0.1) is 13.2 Å². The Kier molecular flexibility index (Phi) is 5.56. The Hall–Kier alpha value is -1.97. The van der Waals surface area contributed by atoms with Gasteiger partial charge in [-0.3, -0.25) is 0 Å². The summed E-state index contributed by atoms with van der Waals surface area (Å²) < 4.78 is 5.97. The van der Waals surface area contributed by atoms with Crippen molar-refractivity contribution in [3.63, 3.8) is 0 Å². The first kappa shape index (κ1) is 15.9. The molecule has 0 amide bonds. The van der Waals surface area contributed by atoms with E-state index in [2.05, 4.69) is 47.9 Å². The molecule has 4 heteroatoms. The Bertz CT molecular complexity index is 555. The number of rotatable bonds is 7. The number of hydrogen-bond donors (Lipinski definition) is 2. The summed E-state index contributed by atoms with van der Waals surface area (Å²) in [7, 11) is 0. The molecule has 0 saturated heterocycles. The van der Waals surface area contributed by atoms with Crippen molar-refractivity contribution >= 4 is 5.96 Å². The van der Waals surface area contributed by atoms with Crippen LogP contribution in [0.1, 0.15) is 38.2 Å². The third-order valence-corrected chi connectivity index (χ3v) is 4.24. The zero-order chi connectivity index (χ0) is 15.9. The number of aliphatic imine (C=N–C) groups is 1. The molecule has 0 bridgehead atoms. The highest BCUT2D eigenvalue weighted by Gasteiger charge is 2.22. The van der Waals surface area contributed by atoms with Gasteiger partial charge in [0, 0.05) is 18.2 Å². The van der Waals surface area contributed by atoms with Gasteiger partial charge in [-0.05, 0) is 44.6 Å². The molecule has 3 rings (SSSR count). The minimum atomic E-state index is 0.467. The second-order valence-corrected chi connectivity index (χ2v) is 6.34. The van der Waals surface area contributed by atoms with Gasteiger partial charge in [-0.15, -0.1) is 0 Å². The fourth-order valence-corrected chi connectivity index (χ4v) is 2.68. The van der Waals surface area contributed by atoms with Gasteiger partial charge in [0.1, 0.15) is 5.75 Å². The molecule has 0 aliphatic heterocycles. The van der Waals surface area contributed by atoms with Crippen molar-refractivity contribution in [3.8, 4) is 5.75 Å². The number of para-hydroxylation sites is 1. The zero-order valence-electron chi connectivity index (χ0n) is 13.9. The van der Waals surface area contributed by atoms with Crippen LogP contribution in [0.25, 0.3) is 0 Å². The largest absolute Gasteiger partial charge is 0.493 e. The quantitative estimate of drug-likeness (QED) is 0.461. The molecule has 0 spiro atoms. The van der Waals surface area contributed by atoms with Crippen LogP contribution >= 0.6 is 0 Å². The molecular weight excluding hydrogens is 286 g/mol. The van der Waals surface area contributed by atoms with Crippen molar-refractivity contribution in [2.24, 2.45) is 10.9 Å². The van der Waals surface area contributed by atoms with Gasteiger partial charge < -0.3 is 15.4 Å². The lowest BCUT2D eigenvalue weighted by Gasteiger charge is -2.17. The Labute approximate surface area is 139 Å². The lowest BCUT2D eigenvalue weighted by Crippen LogP contribution is -2.42. The van der Waals surface area contributed by atoms with E-state index in [4.69, 9.17) is 9.73 Å². The van der Waals surface area contributed by atoms with Crippen molar-refractivity contribution in [2.75, 3.05) is 13.2 Å². The monoisotopic (exact) mass is 313 g/mol. The summed E-state index contributed by atoms with van der Waals surface area (Å²) in [5, 5.41) is 6.83.